The number of hydrogen-bond donors (Lipinski definition) is 0. The first kappa shape index (κ1) is 14.4. The Labute approximate surface area is 120 Å². The van der Waals surface area contributed by atoms with E-state index in [1.807, 2.05) is 12.1 Å². The van der Waals surface area contributed by atoms with Gasteiger partial charge < -0.3 is 9.80 Å². The van der Waals surface area contributed by atoms with Gasteiger partial charge in [-0.15, -0.1) is 0 Å². The SMILES string of the molecule is CCN1CCC(N(C)c2ccc(C=O)c(Cl)c2)CC1. The van der Waals surface area contributed by atoms with Gasteiger partial charge in [-0.3, -0.25) is 4.79 Å². The van der Waals surface area contributed by atoms with Crippen molar-refractivity contribution in [3.05, 3.63) is 28.8 Å². The average molecular weight is 281 g/mol. The van der Waals surface area contributed by atoms with Gasteiger partial charge in [0.2, 0.25) is 0 Å². The fourth-order valence-corrected chi connectivity index (χ4v) is 2.88. The molecule has 2 rings (SSSR count). The van der Waals surface area contributed by atoms with E-state index in [0.29, 0.717) is 16.6 Å². The van der Waals surface area contributed by atoms with E-state index in [-0.39, 0.29) is 0 Å². The zero-order chi connectivity index (χ0) is 13.8. The molecule has 0 spiro atoms. The molecule has 1 fully saturated rings. The van der Waals surface area contributed by atoms with Crippen molar-refractivity contribution in [1.82, 2.24) is 4.90 Å². The summed E-state index contributed by atoms with van der Waals surface area (Å²) in [4.78, 5) is 15.5. The second-order valence-electron chi connectivity index (χ2n) is 5.10. The first-order chi connectivity index (χ1) is 9.15. The molecule has 1 aliphatic heterocycles. The van der Waals surface area contributed by atoms with Crippen molar-refractivity contribution in [2.24, 2.45) is 0 Å². The highest BCUT2D eigenvalue weighted by Crippen LogP contribution is 2.26. The lowest BCUT2D eigenvalue weighted by atomic mass is 10.0. The molecule has 3 nitrogen and oxygen atoms in total. The summed E-state index contributed by atoms with van der Waals surface area (Å²) in [5, 5.41) is 0.533. The van der Waals surface area contributed by atoms with Gasteiger partial charge in [0.1, 0.15) is 0 Å². The second-order valence-corrected chi connectivity index (χ2v) is 5.51. The van der Waals surface area contributed by atoms with E-state index in [2.05, 4.69) is 23.8 Å². The minimum Gasteiger partial charge on any atom is -0.371 e. The molecule has 0 radical (unpaired) electrons. The fraction of sp³-hybridized carbons (Fsp3) is 0.533. The zero-order valence-corrected chi connectivity index (χ0v) is 12.4. The molecule has 19 heavy (non-hydrogen) atoms. The predicted octanol–water partition coefficient (Wildman–Crippen LogP) is 3.07. The molecule has 1 aromatic carbocycles. The van der Waals surface area contributed by atoms with Crippen LogP contribution < -0.4 is 4.90 Å². The Bertz CT molecular complexity index is 442. The van der Waals surface area contributed by atoms with Crippen LogP contribution in [-0.2, 0) is 0 Å². The summed E-state index contributed by atoms with van der Waals surface area (Å²) < 4.78 is 0. The molecule has 0 atom stereocenters. The summed E-state index contributed by atoms with van der Waals surface area (Å²) in [5.41, 5.74) is 1.64. The molecule has 1 aliphatic rings. The second kappa shape index (κ2) is 6.40. The molecule has 0 saturated carbocycles. The molecule has 1 aromatic rings. The van der Waals surface area contributed by atoms with Crippen molar-refractivity contribution >= 4 is 23.6 Å². The summed E-state index contributed by atoms with van der Waals surface area (Å²) >= 11 is 6.09. The third-order valence-corrected chi connectivity index (χ3v) is 4.40. The highest BCUT2D eigenvalue weighted by Gasteiger charge is 2.22. The molecule has 4 heteroatoms. The Balaban J connectivity index is 2.05. The normalized spacial score (nSPS) is 17.4. The molecule has 1 heterocycles. The molecule has 0 unspecified atom stereocenters. The van der Waals surface area contributed by atoms with Gasteiger partial charge in [-0.05, 0) is 37.6 Å². The Kier molecular flexibility index (Phi) is 4.83. The Morgan fingerprint density at radius 3 is 2.63 bits per heavy atom. The number of hydrogen-bond acceptors (Lipinski definition) is 3. The van der Waals surface area contributed by atoms with Crippen LogP contribution >= 0.6 is 11.6 Å². The predicted molar refractivity (Wildman–Crippen MR) is 80.4 cm³/mol. The van der Waals surface area contributed by atoms with Crippen LogP contribution in [0.15, 0.2) is 18.2 Å². The first-order valence-electron chi connectivity index (χ1n) is 6.85. The van der Waals surface area contributed by atoms with E-state index in [9.17, 15) is 4.79 Å². The van der Waals surface area contributed by atoms with Gasteiger partial charge in [0.05, 0.1) is 5.02 Å². The van der Waals surface area contributed by atoms with Crippen LogP contribution in [0, 0.1) is 0 Å². The molecule has 0 N–H and O–H groups in total. The van der Waals surface area contributed by atoms with E-state index in [4.69, 9.17) is 11.6 Å². The lowest BCUT2D eigenvalue weighted by molar-refractivity contribution is 0.112. The number of aldehydes is 1. The van der Waals surface area contributed by atoms with Crippen molar-refractivity contribution in [2.45, 2.75) is 25.8 Å². The lowest BCUT2D eigenvalue weighted by Gasteiger charge is -2.37. The molecule has 1 saturated heterocycles. The van der Waals surface area contributed by atoms with Gasteiger partial charge >= 0.3 is 0 Å². The van der Waals surface area contributed by atoms with Crippen LogP contribution in [0.5, 0.6) is 0 Å². The minimum atomic E-state index is 0.533. The van der Waals surface area contributed by atoms with E-state index in [1.165, 1.54) is 12.8 Å². The number of halogens is 1. The van der Waals surface area contributed by atoms with Crippen molar-refractivity contribution in [1.29, 1.82) is 0 Å². The number of rotatable bonds is 4. The van der Waals surface area contributed by atoms with Crippen LogP contribution in [0.25, 0.3) is 0 Å². The van der Waals surface area contributed by atoms with E-state index in [1.54, 1.807) is 6.07 Å². The first-order valence-corrected chi connectivity index (χ1v) is 7.23. The summed E-state index contributed by atoms with van der Waals surface area (Å²) in [7, 11) is 2.11. The third-order valence-electron chi connectivity index (χ3n) is 4.07. The van der Waals surface area contributed by atoms with Gasteiger partial charge in [0, 0.05) is 37.4 Å². The van der Waals surface area contributed by atoms with Crippen molar-refractivity contribution in [3.63, 3.8) is 0 Å². The number of carbonyl (C=O) groups excluding carboxylic acids is 1. The maximum Gasteiger partial charge on any atom is 0.151 e. The zero-order valence-electron chi connectivity index (χ0n) is 11.6. The van der Waals surface area contributed by atoms with Crippen LogP contribution in [0.1, 0.15) is 30.1 Å². The monoisotopic (exact) mass is 280 g/mol. The number of likely N-dealkylation sites (tertiary alicyclic amines) is 1. The Morgan fingerprint density at radius 1 is 1.42 bits per heavy atom. The van der Waals surface area contributed by atoms with Crippen LogP contribution in [0.2, 0.25) is 5.02 Å². The smallest absolute Gasteiger partial charge is 0.151 e. The molecule has 104 valence electrons. The largest absolute Gasteiger partial charge is 0.371 e. The molecular formula is C15H21ClN2O. The average Bonchev–Trinajstić information content (AvgIpc) is 2.46. The third kappa shape index (κ3) is 3.28. The maximum absolute atomic E-state index is 10.8. The van der Waals surface area contributed by atoms with Gasteiger partial charge in [-0.1, -0.05) is 18.5 Å². The number of anilines is 1. The van der Waals surface area contributed by atoms with E-state index < -0.39 is 0 Å². The van der Waals surface area contributed by atoms with Crippen molar-refractivity contribution in [2.75, 3.05) is 31.6 Å². The summed E-state index contributed by atoms with van der Waals surface area (Å²) in [6, 6.07) is 6.21. The van der Waals surface area contributed by atoms with Crippen molar-refractivity contribution in [3.8, 4) is 0 Å². The number of nitrogens with zero attached hydrogens (tertiary/aromatic N) is 2. The molecule has 0 bridgehead atoms. The van der Waals surface area contributed by atoms with Crippen LogP contribution in [0.3, 0.4) is 0 Å². The van der Waals surface area contributed by atoms with Gasteiger partial charge in [-0.25, -0.2) is 0 Å². The van der Waals surface area contributed by atoms with E-state index in [0.717, 1.165) is 31.6 Å². The molecule has 0 aromatic heterocycles. The van der Waals surface area contributed by atoms with Gasteiger partial charge in [0.15, 0.2) is 6.29 Å². The molecular weight excluding hydrogens is 260 g/mol. The van der Waals surface area contributed by atoms with Gasteiger partial charge in [-0.2, -0.15) is 0 Å². The minimum absolute atomic E-state index is 0.533. The summed E-state index contributed by atoms with van der Waals surface area (Å²) in [6.07, 6.45) is 3.15. The Morgan fingerprint density at radius 2 is 2.11 bits per heavy atom. The quantitative estimate of drug-likeness (QED) is 0.792. The van der Waals surface area contributed by atoms with Gasteiger partial charge in [0.25, 0.3) is 0 Å². The number of piperidine rings is 1. The molecule has 0 amide bonds. The highest BCUT2D eigenvalue weighted by molar-refractivity contribution is 6.33. The standard InChI is InChI=1S/C15H21ClN2O/c1-3-18-8-6-13(7-9-18)17(2)14-5-4-12(11-19)15(16)10-14/h4-5,10-11,13H,3,6-9H2,1-2H3. The summed E-state index contributed by atoms with van der Waals surface area (Å²) in [6.45, 7) is 5.66. The maximum atomic E-state index is 10.8. The fourth-order valence-electron chi connectivity index (χ4n) is 2.66. The topological polar surface area (TPSA) is 23.6 Å². The number of benzene rings is 1. The summed E-state index contributed by atoms with van der Waals surface area (Å²) in [5.74, 6) is 0. The van der Waals surface area contributed by atoms with Crippen LogP contribution in [-0.4, -0.2) is 43.9 Å². The highest BCUT2D eigenvalue weighted by atomic mass is 35.5. The number of carbonyl (C=O) groups is 1. The lowest BCUT2D eigenvalue weighted by Crippen LogP contribution is -2.43. The van der Waals surface area contributed by atoms with Crippen molar-refractivity contribution < 1.29 is 4.79 Å². The molecule has 0 aliphatic carbocycles. The van der Waals surface area contributed by atoms with Crippen LogP contribution in [0.4, 0.5) is 5.69 Å². The van der Waals surface area contributed by atoms with E-state index >= 15 is 0 Å². The Hall–Kier alpha value is -1.06.